The monoisotopic (exact) mass is 353 g/mol. The fourth-order valence-electron chi connectivity index (χ4n) is 2.66. The van der Waals surface area contributed by atoms with Gasteiger partial charge in [0.25, 0.3) is 5.91 Å². The molecule has 25 heavy (non-hydrogen) atoms. The molecule has 0 aliphatic rings. The largest absolute Gasteiger partial charge is 0.458 e. The maximum Gasteiger partial charge on any atom is 0.251 e. The van der Waals surface area contributed by atoms with E-state index in [4.69, 9.17) is 4.42 Å². The van der Waals surface area contributed by atoms with Gasteiger partial charge in [0.05, 0.1) is 11.7 Å². The van der Waals surface area contributed by atoms with Gasteiger partial charge in [0, 0.05) is 17.5 Å². The number of amides is 1. The van der Waals surface area contributed by atoms with Crippen LogP contribution in [0.1, 0.15) is 28.6 Å². The Balaban J connectivity index is 1.36. The number of hydrogen-bond donors (Lipinski definition) is 2. The van der Waals surface area contributed by atoms with Crippen molar-refractivity contribution in [1.29, 1.82) is 0 Å². The zero-order valence-corrected chi connectivity index (χ0v) is 14.0. The summed E-state index contributed by atoms with van der Waals surface area (Å²) < 4.78 is 13.9. The molecule has 0 aliphatic carbocycles. The minimum absolute atomic E-state index is 0.202. The normalized spacial score (nSPS) is 12.5. The van der Waals surface area contributed by atoms with Crippen molar-refractivity contribution >= 4 is 39.6 Å². The fourth-order valence-corrected chi connectivity index (χ4v) is 3.17. The molecule has 2 heterocycles. The minimum atomic E-state index is -0.766. The van der Waals surface area contributed by atoms with Gasteiger partial charge in [-0.05, 0) is 36.8 Å². The quantitative estimate of drug-likeness (QED) is 0.575. The molecule has 2 aromatic carbocycles. The number of rotatable bonds is 5. The molecular formula is C18H15N3O3S. The van der Waals surface area contributed by atoms with Gasteiger partial charge in [-0.3, -0.25) is 4.79 Å². The van der Waals surface area contributed by atoms with Gasteiger partial charge in [-0.15, -0.1) is 0 Å². The minimum Gasteiger partial charge on any atom is -0.458 e. The van der Waals surface area contributed by atoms with E-state index in [1.54, 1.807) is 18.2 Å². The Kier molecular flexibility index (Phi) is 4.17. The lowest BCUT2D eigenvalue weighted by molar-refractivity contribution is 0.0937. The van der Waals surface area contributed by atoms with Crippen LogP contribution in [0.4, 0.5) is 0 Å². The molecular weight excluding hydrogens is 338 g/mol. The molecule has 0 spiro atoms. The molecule has 0 unspecified atom stereocenters. The molecule has 0 saturated heterocycles. The summed E-state index contributed by atoms with van der Waals surface area (Å²) in [6.45, 7) is 0.338. The summed E-state index contributed by atoms with van der Waals surface area (Å²) in [7, 11) is 0. The Morgan fingerprint density at radius 3 is 2.88 bits per heavy atom. The zero-order valence-electron chi connectivity index (χ0n) is 13.2. The van der Waals surface area contributed by atoms with Crippen molar-refractivity contribution in [3.8, 4) is 0 Å². The van der Waals surface area contributed by atoms with Gasteiger partial charge in [0.1, 0.15) is 28.5 Å². The molecule has 0 radical (unpaired) electrons. The van der Waals surface area contributed by atoms with Crippen LogP contribution in [-0.4, -0.2) is 26.3 Å². The Morgan fingerprint density at radius 2 is 2.00 bits per heavy atom. The number of benzene rings is 2. The van der Waals surface area contributed by atoms with Gasteiger partial charge < -0.3 is 14.8 Å². The number of para-hydroxylation sites is 1. The van der Waals surface area contributed by atoms with E-state index >= 15 is 0 Å². The molecule has 0 aliphatic heterocycles. The molecule has 7 heteroatoms. The highest BCUT2D eigenvalue weighted by atomic mass is 32.1. The van der Waals surface area contributed by atoms with E-state index in [9.17, 15) is 9.90 Å². The van der Waals surface area contributed by atoms with Gasteiger partial charge in [-0.1, -0.05) is 18.2 Å². The number of fused-ring (bicyclic) bond motifs is 2. The number of aliphatic hydroxyl groups is 1. The van der Waals surface area contributed by atoms with E-state index in [2.05, 4.69) is 14.1 Å². The van der Waals surface area contributed by atoms with Crippen molar-refractivity contribution < 1.29 is 14.3 Å². The van der Waals surface area contributed by atoms with E-state index in [1.165, 1.54) is 0 Å². The molecule has 2 aromatic heterocycles. The Bertz CT molecular complexity index is 1010. The smallest absolute Gasteiger partial charge is 0.251 e. The second-order valence-corrected chi connectivity index (χ2v) is 6.24. The van der Waals surface area contributed by atoms with Gasteiger partial charge in [0.15, 0.2) is 0 Å². The lowest BCUT2D eigenvalue weighted by Gasteiger charge is -2.09. The van der Waals surface area contributed by atoms with Crippen LogP contribution in [0.3, 0.4) is 0 Å². The van der Waals surface area contributed by atoms with Crippen molar-refractivity contribution in [3.63, 3.8) is 0 Å². The van der Waals surface area contributed by atoms with Crippen molar-refractivity contribution in [2.75, 3.05) is 6.54 Å². The van der Waals surface area contributed by atoms with Crippen LogP contribution in [0.25, 0.3) is 22.0 Å². The summed E-state index contributed by atoms with van der Waals surface area (Å²) in [6, 6.07) is 14.6. The van der Waals surface area contributed by atoms with Crippen LogP contribution in [0.15, 0.2) is 52.9 Å². The lowest BCUT2D eigenvalue weighted by atomic mass is 10.1. The van der Waals surface area contributed by atoms with Crippen molar-refractivity contribution in [3.05, 3.63) is 59.9 Å². The third-order valence-electron chi connectivity index (χ3n) is 3.99. The second kappa shape index (κ2) is 6.62. The predicted octanol–water partition coefficient (Wildman–Crippen LogP) is 3.29. The van der Waals surface area contributed by atoms with Crippen LogP contribution in [0, 0.1) is 0 Å². The lowest BCUT2D eigenvalue weighted by Crippen LogP contribution is -2.25. The number of furan rings is 1. The first kappa shape index (κ1) is 15.7. The predicted molar refractivity (Wildman–Crippen MR) is 95.5 cm³/mol. The number of carbonyl (C=O) groups is 1. The topological polar surface area (TPSA) is 88.2 Å². The van der Waals surface area contributed by atoms with E-state index in [0.29, 0.717) is 29.8 Å². The fraction of sp³-hybridized carbons (Fsp3) is 0.167. The highest BCUT2D eigenvalue weighted by Gasteiger charge is 2.14. The standard InChI is InChI=1S/C18H15N3O3S/c22-15(17-10-11-3-1-2-4-16(11)24-17)7-8-19-18(23)12-5-6-13-14(9-12)21-25-20-13/h1-6,9-10,15,22H,7-8H2,(H,19,23)/t15-/m1/s1. The van der Waals surface area contributed by atoms with E-state index in [0.717, 1.165) is 28.2 Å². The summed E-state index contributed by atoms with van der Waals surface area (Å²) in [5, 5.41) is 14.0. The molecule has 6 nitrogen and oxygen atoms in total. The first-order valence-corrected chi connectivity index (χ1v) is 8.61. The number of aliphatic hydroxyl groups excluding tert-OH is 1. The van der Waals surface area contributed by atoms with Crippen molar-refractivity contribution in [1.82, 2.24) is 14.1 Å². The Labute approximate surface area is 147 Å². The Morgan fingerprint density at radius 1 is 1.16 bits per heavy atom. The zero-order chi connectivity index (χ0) is 17.2. The number of aromatic nitrogens is 2. The average Bonchev–Trinajstić information content (AvgIpc) is 3.27. The number of carbonyl (C=O) groups excluding carboxylic acids is 1. The maximum absolute atomic E-state index is 12.2. The molecule has 2 N–H and O–H groups in total. The van der Waals surface area contributed by atoms with Gasteiger partial charge in [0.2, 0.25) is 0 Å². The molecule has 1 amide bonds. The maximum atomic E-state index is 12.2. The molecule has 4 aromatic rings. The third-order valence-corrected chi connectivity index (χ3v) is 4.55. The number of hydrogen-bond acceptors (Lipinski definition) is 6. The van der Waals surface area contributed by atoms with Crippen molar-refractivity contribution in [2.24, 2.45) is 0 Å². The molecule has 0 fully saturated rings. The molecule has 0 bridgehead atoms. The second-order valence-electron chi connectivity index (χ2n) is 5.71. The van der Waals surface area contributed by atoms with E-state index in [-0.39, 0.29) is 5.91 Å². The summed E-state index contributed by atoms with van der Waals surface area (Å²) in [5.74, 6) is 0.303. The molecule has 1 atom stereocenters. The number of nitrogens with zero attached hydrogens (tertiary/aromatic N) is 2. The van der Waals surface area contributed by atoms with Crippen LogP contribution in [0.5, 0.6) is 0 Å². The van der Waals surface area contributed by atoms with Crippen LogP contribution in [0.2, 0.25) is 0 Å². The highest BCUT2D eigenvalue weighted by molar-refractivity contribution is 7.00. The SMILES string of the molecule is O=C(NCC[C@@H](O)c1cc2ccccc2o1)c1ccc2nsnc2c1. The van der Waals surface area contributed by atoms with Gasteiger partial charge in [-0.25, -0.2) is 0 Å². The summed E-state index contributed by atoms with van der Waals surface area (Å²) >= 11 is 1.12. The Hall–Kier alpha value is -2.77. The summed E-state index contributed by atoms with van der Waals surface area (Å²) in [5.41, 5.74) is 2.76. The summed E-state index contributed by atoms with van der Waals surface area (Å²) in [4.78, 5) is 12.2. The summed E-state index contributed by atoms with van der Waals surface area (Å²) in [6.07, 6.45) is -0.399. The van der Waals surface area contributed by atoms with Crippen LogP contribution >= 0.6 is 11.7 Å². The average molecular weight is 353 g/mol. The van der Waals surface area contributed by atoms with Crippen LogP contribution < -0.4 is 5.32 Å². The molecule has 0 saturated carbocycles. The van der Waals surface area contributed by atoms with Gasteiger partial charge in [-0.2, -0.15) is 8.75 Å². The third kappa shape index (κ3) is 3.24. The first-order chi connectivity index (χ1) is 12.2. The van der Waals surface area contributed by atoms with Crippen molar-refractivity contribution in [2.45, 2.75) is 12.5 Å². The first-order valence-electron chi connectivity index (χ1n) is 7.88. The number of nitrogens with one attached hydrogen (secondary N) is 1. The van der Waals surface area contributed by atoms with Crippen LogP contribution in [-0.2, 0) is 0 Å². The van der Waals surface area contributed by atoms with Gasteiger partial charge >= 0.3 is 0 Å². The molecule has 126 valence electrons. The van der Waals surface area contributed by atoms with E-state index in [1.807, 2.05) is 30.3 Å². The van der Waals surface area contributed by atoms with E-state index < -0.39 is 6.10 Å². The molecule has 4 rings (SSSR count). The highest BCUT2D eigenvalue weighted by Crippen LogP contribution is 2.25.